The van der Waals surface area contributed by atoms with Crippen LogP contribution in [0.4, 0.5) is 19.0 Å². The molecule has 2 heterocycles. The van der Waals surface area contributed by atoms with E-state index in [2.05, 4.69) is 20.6 Å². The first-order valence-corrected chi connectivity index (χ1v) is 7.21. The Bertz CT molecular complexity index is 614. The Labute approximate surface area is 125 Å². The lowest BCUT2D eigenvalue weighted by Crippen LogP contribution is -2.11. The van der Waals surface area contributed by atoms with Gasteiger partial charge in [-0.2, -0.15) is 18.3 Å². The summed E-state index contributed by atoms with van der Waals surface area (Å²) < 4.78 is 39.1. The van der Waals surface area contributed by atoms with E-state index in [0.29, 0.717) is 18.4 Å². The minimum Gasteiger partial charge on any atom is -0.363 e. The largest absolute Gasteiger partial charge is 0.435 e. The molecule has 0 spiro atoms. The molecule has 22 heavy (non-hydrogen) atoms. The minimum atomic E-state index is -4.47. The summed E-state index contributed by atoms with van der Waals surface area (Å²) >= 11 is 0. The lowest BCUT2D eigenvalue weighted by atomic mass is 10.3. The van der Waals surface area contributed by atoms with E-state index in [1.54, 1.807) is 0 Å². The summed E-state index contributed by atoms with van der Waals surface area (Å²) in [5.41, 5.74) is -0.169. The molecule has 2 aromatic rings. The van der Waals surface area contributed by atoms with Crippen molar-refractivity contribution in [3.63, 3.8) is 0 Å². The zero-order chi connectivity index (χ0) is 15.6. The molecule has 5 nitrogen and oxygen atoms in total. The van der Waals surface area contributed by atoms with Crippen LogP contribution in [-0.4, -0.2) is 20.0 Å². The maximum atomic E-state index is 12.4. The van der Waals surface area contributed by atoms with E-state index < -0.39 is 11.9 Å². The number of aromatic nitrogens is 4. The molecule has 1 aliphatic carbocycles. The molecule has 1 fully saturated rings. The normalized spacial score (nSPS) is 16.1. The van der Waals surface area contributed by atoms with Gasteiger partial charge in [0.1, 0.15) is 5.82 Å². The zero-order valence-electron chi connectivity index (χ0n) is 11.8. The predicted molar refractivity (Wildman–Crippen MR) is 74.1 cm³/mol. The molecular weight excluding hydrogens is 295 g/mol. The van der Waals surface area contributed by atoms with Crippen LogP contribution in [0.15, 0.2) is 24.4 Å². The number of nitrogens with one attached hydrogen (secondary N) is 1. The first kappa shape index (κ1) is 14.8. The first-order chi connectivity index (χ1) is 10.5. The highest BCUT2D eigenvalue weighted by atomic mass is 19.4. The average molecular weight is 311 g/mol. The van der Waals surface area contributed by atoms with Crippen molar-refractivity contribution in [2.24, 2.45) is 0 Å². The highest BCUT2D eigenvalue weighted by Gasteiger charge is 2.32. The third-order valence-electron chi connectivity index (χ3n) is 3.77. The van der Waals surface area contributed by atoms with E-state index in [9.17, 15) is 13.2 Å². The fraction of sp³-hybridized carbons (Fsp3) is 0.500. The monoisotopic (exact) mass is 311 g/mol. The van der Waals surface area contributed by atoms with E-state index in [4.69, 9.17) is 0 Å². The van der Waals surface area contributed by atoms with Gasteiger partial charge in [0.2, 0.25) is 0 Å². The van der Waals surface area contributed by atoms with Gasteiger partial charge in [-0.15, -0.1) is 10.2 Å². The lowest BCUT2D eigenvalue weighted by Gasteiger charge is -2.09. The number of nitrogens with zero attached hydrogens (tertiary/aromatic N) is 4. The van der Waals surface area contributed by atoms with Gasteiger partial charge in [0.25, 0.3) is 0 Å². The van der Waals surface area contributed by atoms with E-state index in [1.165, 1.54) is 18.9 Å². The van der Waals surface area contributed by atoms with Gasteiger partial charge in [-0.1, -0.05) is 12.8 Å². The number of halogens is 3. The van der Waals surface area contributed by atoms with Gasteiger partial charge in [-0.05, 0) is 31.0 Å². The van der Waals surface area contributed by atoms with Crippen LogP contribution < -0.4 is 5.32 Å². The Kier molecular flexibility index (Phi) is 4.00. The van der Waals surface area contributed by atoms with Crippen LogP contribution in [0.2, 0.25) is 0 Å². The molecule has 3 rings (SSSR count). The summed E-state index contributed by atoms with van der Waals surface area (Å²) in [7, 11) is 0. The van der Waals surface area contributed by atoms with E-state index >= 15 is 0 Å². The Hall–Kier alpha value is -2.12. The van der Waals surface area contributed by atoms with E-state index in [0.717, 1.165) is 24.6 Å². The standard InChI is InChI=1S/C14H16F3N5/c15-14(16,17)12-5-6-13(20-19-12)18-9-10-7-8-22(21-10)11-3-1-2-4-11/h5-8,11H,1-4,9H2,(H,18,20). The summed E-state index contributed by atoms with van der Waals surface area (Å²) in [5.74, 6) is 0.295. The van der Waals surface area contributed by atoms with Crippen LogP contribution in [0, 0.1) is 0 Å². The lowest BCUT2D eigenvalue weighted by molar-refractivity contribution is -0.141. The number of rotatable bonds is 4. The molecular formula is C14H16F3N5. The Morgan fingerprint density at radius 3 is 2.55 bits per heavy atom. The first-order valence-electron chi connectivity index (χ1n) is 7.21. The summed E-state index contributed by atoms with van der Waals surface area (Å²) in [6.45, 7) is 0.403. The molecule has 1 N–H and O–H groups in total. The summed E-state index contributed by atoms with van der Waals surface area (Å²) in [5, 5.41) is 14.1. The molecule has 0 amide bonds. The average Bonchev–Trinajstić information content (AvgIpc) is 3.15. The van der Waals surface area contributed by atoms with Crippen LogP contribution in [0.1, 0.15) is 43.1 Å². The van der Waals surface area contributed by atoms with Crippen molar-refractivity contribution >= 4 is 5.82 Å². The molecule has 1 aliphatic rings. The molecule has 0 unspecified atom stereocenters. The van der Waals surface area contributed by atoms with Gasteiger partial charge in [0.15, 0.2) is 5.69 Å². The summed E-state index contributed by atoms with van der Waals surface area (Å²) in [6.07, 6.45) is 2.26. The van der Waals surface area contributed by atoms with Crippen LogP contribution in [0.25, 0.3) is 0 Å². The topological polar surface area (TPSA) is 55.6 Å². The van der Waals surface area contributed by atoms with Gasteiger partial charge < -0.3 is 5.32 Å². The van der Waals surface area contributed by atoms with Crippen molar-refractivity contribution in [1.29, 1.82) is 0 Å². The van der Waals surface area contributed by atoms with Crippen molar-refractivity contribution in [3.8, 4) is 0 Å². The zero-order valence-corrected chi connectivity index (χ0v) is 11.8. The van der Waals surface area contributed by atoms with E-state index in [1.807, 2.05) is 16.9 Å². The number of alkyl halides is 3. The Balaban J connectivity index is 1.58. The van der Waals surface area contributed by atoms with Crippen molar-refractivity contribution in [2.75, 3.05) is 5.32 Å². The maximum absolute atomic E-state index is 12.4. The number of anilines is 1. The molecule has 8 heteroatoms. The van der Waals surface area contributed by atoms with E-state index in [-0.39, 0.29) is 0 Å². The second-order valence-corrected chi connectivity index (χ2v) is 5.38. The van der Waals surface area contributed by atoms with Gasteiger partial charge in [-0.25, -0.2) is 0 Å². The second-order valence-electron chi connectivity index (χ2n) is 5.38. The molecule has 0 bridgehead atoms. The predicted octanol–water partition coefficient (Wildman–Crippen LogP) is 3.42. The third kappa shape index (κ3) is 3.37. The van der Waals surface area contributed by atoms with Gasteiger partial charge in [0.05, 0.1) is 18.3 Å². The van der Waals surface area contributed by atoms with Gasteiger partial charge in [0, 0.05) is 6.20 Å². The van der Waals surface area contributed by atoms with Crippen LogP contribution in [-0.2, 0) is 12.7 Å². The third-order valence-corrected chi connectivity index (χ3v) is 3.77. The highest BCUT2D eigenvalue weighted by Crippen LogP contribution is 2.29. The fourth-order valence-electron chi connectivity index (χ4n) is 2.60. The minimum absolute atomic E-state index is 0.295. The molecule has 0 atom stereocenters. The molecule has 1 saturated carbocycles. The summed E-state index contributed by atoms with van der Waals surface area (Å²) in [6, 6.07) is 4.55. The molecule has 2 aromatic heterocycles. The van der Waals surface area contributed by atoms with Crippen molar-refractivity contribution in [3.05, 3.63) is 35.8 Å². The molecule has 0 radical (unpaired) electrons. The van der Waals surface area contributed by atoms with Crippen molar-refractivity contribution in [1.82, 2.24) is 20.0 Å². The molecule has 0 saturated heterocycles. The van der Waals surface area contributed by atoms with Gasteiger partial charge in [-0.3, -0.25) is 4.68 Å². The smallest absolute Gasteiger partial charge is 0.363 e. The van der Waals surface area contributed by atoms with Gasteiger partial charge >= 0.3 is 6.18 Å². The number of hydrogen-bond donors (Lipinski definition) is 1. The fourth-order valence-corrected chi connectivity index (χ4v) is 2.60. The summed E-state index contributed by atoms with van der Waals surface area (Å²) in [4.78, 5) is 0. The molecule has 0 aromatic carbocycles. The quantitative estimate of drug-likeness (QED) is 0.940. The molecule has 118 valence electrons. The Morgan fingerprint density at radius 2 is 1.91 bits per heavy atom. The maximum Gasteiger partial charge on any atom is 0.435 e. The van der Waals surface area contributed by atoms with Crippen LogP contribution in [0.3, 0.4) is 0 Å². The van der Waals surface area contributed by atoms with Crippen molar-refractivity contribution in [2.45, 2.75) is 44.4 Å². The van der Waals surface area contributed by atoms with Crippen LogP contribution in [0.5, 0.6) is 0 Å². The molecule has 0 aliphatic heterocycles. The van der Waals surface area contributed by atoms with Crippen molar-refractivity contribution < 1.29 is 13.2 Å². The Morgan fingerprint density at radius 1 is 1.14 bits per heavy atom. The SMILES string of the molecule is FC(F)(F)c1ccc(NCc2ccn(C3CCCC3)n2)nn1. The highest BCUT2D eigenvalue weighted by molar-refractivity contribution is 5.33. The number of hydrogen-bond acceptors (Lipinski definition) is 4. The second kappa shape index (κ2) is 5.94. The van der Waals surface area contributed by atoms with Crippen LogP contribution >= 0.6 is 0 Å².